The van der Waals surface area contributed by atoms with E-state index in [2.05, 4.69) is 36.4 Å². The number of nitrogens with two attached hydrogens (primary N) is 1. The van der Waals surface area contributed by atoms with Crippen LogP contribution in [0.3, 0.4) is 0 Å². The molecule has 1 aromatic rings. The van der Waals surface area contributed by atoms with Gasteiger partial charge >= 0.3 is 0 Å². The van der Waals surface area contributed by atoms with E-state index in [1.54, 1.807) is 0 Å². The lowest BCUT2D eigenvalue weighted by Crippen LogP contribution is -2.35. The van der Waals surface area contributed by atoms with Crippen LogP contribution in [0.25, 0.3) is 0 Å². The maximum absolute atomic E-state index is 11.8. The maximum atomic E-state index is 11.8. The molecule has 0 aromatic heterocycles. The lowest BCUT2D eigenvalue weighted by molar-refractivity contribution is -0.114. The third-order valence-electron chi connectivity index (χ3n) is 2.70. The first-order valence-electron chi connectivity index (χ1n) is 6.93. The van der Waals surface area contributed by atoms with Crippen LogP contribution in [0, 0.1) is 5.92 Å². The summed E-state index contributed by atoms with van der Waals surface area (Å²) in [5.41, 5.74) is 7.64. The summed E-state index contributed by atoms with van der Waals surface area (Å²) >= 11 is 0. The number of carbonyl (C=O) groups excluding carboxylic acids is 1. The van der Waals surface area contributed by atoms with Gasteiger partial charge in [0.1, 0.15) is 6.54 Å². The monoisotopic (exact) mass is 404 g/mol. The number of guanidine groups is 1. The van der Waals surface area contributed by atoms with E-state index in [1.165, 1.54) is 5.56 Å². The van der Waals surface area contributed by atoms with Crippen molar-refractivity contribution in [2.45, 2.75) is 27.2 Å². The molecule has 0 aliphatic heterocycles. The fraction of sp³-hybridized carbons (Fsp3) is 0.467. The van der Waals surface area contributed by atoms with Gasteiger partial charge in [-0.3, -0.25) is 4.79 Å². The van der Waals surface area contributed by atoms with Crippen molar-refractivity contribution in [3.63, 3.8) is 0 Å². The average molecular weight is 404 g/mol. The zero-order valence-corrected chi connectivity index (χ0v) is 15.2. The van der Waals surface area contributed by atoms with Gasteiger partial charge in [0.15, 0.2) is 5.96 Å². The highest BCUT2D eigenvalue weighted by atomic mass is 127. The topological polar surface area (TPSA) is 79.5 Å². The molecule has 4 N–H and O–H groups in total. The number of nitrogens with zero attached hydrogens (tertiary/aromatic N) is 1. The number of rotatable bonds is 6. The second-order valence-corrected chi connectivity index (χ2v) is 5.08. The molecule has 0 atom stereocenters. The highest BCUT2D eigenvalue weighted by Gasteiger charge is 2.02. The molecule has 0 radical (unpaired) electrons. The quantitative estimate of drug-likeness (QED) is 0.387. The average Bonchev–Trinajstić information content (AvgIpc) is 2.43. The number of benzene rings is 1. The van der Waals surface area contributed by atoms with Crippen LogP contribution in [-0.2, 0) is 11.2 Å². The second kappa shape index (κ2) is 10.4. The van der Waals surface area contributed by atoms with E-state index in [9.17, 15) is 4.79 Å². The Balaban J connectivity index is 0.00000400. The molecule has 0 aliphatic carbocycles. The molecular weight excluding hydrogens is 379 g/mol. The maximum Gasteiger partial charge on any atom is 0.246 e. The van der Waals surface area contributed by atoms with E-state index in [0.717, 1.165) is 18.7 Å². The number of halogens is 1. The number of aryl methyl sites for hydroxylation is 1. The van der Waals surface area contributed by atoms with Gasteiger partial charge in [0.2, 0.25) is 5.91 Å². The van der Waals surface area contributed by atoms with Gasteiger partial charge in [-0.2, -0.15) is 0 Å². The predicted molar refractivity (Wildman–Crippen MR) is 99.2 cm³/mol. The number of aliphatic imine (C=N–C) groups is 1. The minimum Gasteiger partial charge on any atom is -0.370 e. The molecule has 0 unspecified atom stereocenters. The highest BCUT2D eigenvalue weighted by molar-refractivity contribution is 14.0. The van der Waals surface area contributed by atoms with Crippen LogP contribution in [0.4, 0.5) is 5.69 Å². The number of hydrogen-bond donors (Lipinski definition) is 3. The van der Waals surface area contributed by atoms with E-state index in [4.69, 9.17) is 5.73 Å². The van der Waals surface area contributed by atoms with Crippen LogP contribution >= 0.6 is 24.0 Å². The number of amides is 1. The van der Waals surface area contributed by atoms with Gasteiger partial charge < -0.3 is 16.4 Å². The van der Waals surface area contributed by atoms with Crippen LogP contribution in [0.1, 0.15) is 26.3 Å². The van der Waals surface area contributed by atoms with Gasteiger partial charge in [0, 0.05) is 12.2 Å². The van der Waals surface area contributed by atoms with Crippen LogP contribution in [0.2, 0.25) is 0 Å². The van der Waals surface area contributed by atoms with Crippen molar-refractivity contribution in [3.05, 3.63) is 29.8 Å². The van der Waals surface area contributed by atoms with Crippen LogP contribution in [0.15, 0.2) is 29.3 Å². The molecule has 1 amide bonds. The summed E-state index contributed by atoms with van der Waals surface area (Å²) in [5, 5.41) is 5.77. The van der Waals surface area contributed by atoms with Crippen molar-refractivity contribution in [2.24, 2.45) is 16.6 Å². The molecule has 1 rings (SSSR count). The largest absolute Gasteiger partial charge is 0.370 e. The molecule has 0 bridgehead atoms. The lowest BCUT2D eigenvalue weighted by atomic mass is 10.1. The van der Waals surface area contributed by atoms with E-state index in [-0.39, 0.29) is 36.4 Å². The zero-order valence-electron chi connectivity index (χ0n) is 12.8. The van der Waals surface area contributed by atoms with Gasteiger partial charge in [-0.15, -0.1) is 24.0 Å². The molecule has 118 valence electrons. The molecule has 0 heterocycles. The number of anilines is 1. The Bertz CT molecular complexity index is 474. The third-order valence-corrected chi connectivity index (χ3v) is 2.70. The fourth-order valence-electron chi connectivity index (χ4n) is 1.59. The number of hydrogen-bond acceptors (Lipinski definition) is 2. The Morgan fingerprint density at radius 3 is 2.71 bits per heavy atom. The minimum atomic E-state index is -0.174. The van der Waals surface area contributed by atoms with Crippen molar-refractivity contribution < 1.29 is 4.79 Å². The molecule has 0 saturated heterocycles. The van der Waals surface area contributed by atoms with Crippen molar-refractivity contribution in [3.8, 4) is 0 Å². The zero-order chi connectivity index (χ0) is 15.0. The molecule has 0 aliphatic rings. The minimum absolute atomic E-state index is 0. The van der Waals surface area contributed by atoms with E-state index < -0.39 is 0 Å². The first kappa shape index (κ1) is 19.7. The SMILES string of the molecule is CCc1cccc(NC(=O)CN=C(N)NCC(C)C)c1.I. The molecule has 0 fully saturated rings. The molecule has 6 heteroatoms. The molecular formula is C15H25IN4O. The van der Waals surface area contributed by atoms with Gasteiger partial charge in [-0.25, -0.2) is 4.99 Å². The molecule has 0 saturated carbocycles. The van der Waals surface area contributed by atoms with Gasteiger partial charge in [0.25, 0.3) is 0 Å². The summed E-state index contributed by atoms with van der Waals surface area (Å²) in [4.78, 5) is 15.8. The first-order valence-corrected chi connectivity index (χ1v) is 6.93. The summed E-state index contributed by atoms with van der Waals surface area (Å²) < 4.78 is 0. The fourth-order valence-corrected chi connectivity index (χ4v) is 1.59. The summed E-state index contributed by atoms with van der Waals surface area (Å²) in [6, 6.07) is 7.78. The van der Waals surface area contributed by atoms with Crippen molar-refractivity contribution in [1.82, 2.24) is 5.32 Å². The Labute approximate surface area is 143 Å². The van der Waals surface area contributed by atoms with E-state index >= 15 is 0 Å². The number of carbonyl (C=O) groups is 1. The molecule has 21 heavy (non-hydrogen) atoms. The standard InChI is InChI=1S/C15H24N4O.HI/c1-4-12-6-5-7-13(8-12)19-14(20)10-18-15(16)17-9-11(2)3;/h5-8,11H,4,9-10H2,1-3H3,(H,19,20)(H3,16,17,18);1H. The third kappa shape index (κ3) is 8.54. The Kier molecular flexibility index (Phi) is 9.77. The predicted octanol–water partition coefficient (Wildman–Crippen LogP) is 2.37. The Morgan fingerprint density at radius 1 is 1.38 bits per heavy atom. The Morgan fingerprint density at radius 2 is 2.10 bits per heavy atom. The van der Waals surface area contributed by atoms with Gasteiger partial charge in [0.05, 0.1) is 0 Å². The summed E-state index contributed by atoms with van der Waals surface area (Å²) in [7, 11) is 0. The van der Waals surface area contributed by atoms with Crippen LogP contribution in [0.5, 0.6) is 0 Å². The van der Waals surface area contributed by atoms with Crippen molar-refractivity contribution in [1.29, 1.82) is 0 Å². The summed E-state index contributed by atoms with van der Waals surface area (Å²) in [5.74, 6) is 0.609. The van der Waals surface area contributed by atoms with Gasteiger partial charge in [-0.1, -0.05) is 32.9 Å². The summed E-state index contributed by atoms with van der Waals surface area (Å²) in [6.45, 7) is 7.00. The first-order chi connectivity index (χ1) is 9.51. The molecule has 1 aromatic carbocycles. The lowest BCUT2D eigenvalue weighted by Gasteiger charge is -2.08. The van der Waals surface area contributed by atoms with Crippen LogP contribution < -0.4 is 16.4 Å². The molecule has 0 spiro atoms. The second-order valence-electron chi connectivity index (χ2n) is 5.08. The van der Waals surface area contributed by atoms with Crippen molar-refractivity contribution >= 4 is 41.5 Å². The summed E-state index contributed by atoms with van der Waals surface area (Å²) in [6.07, 6.45) is 0.938. The van der Waals surface area contributed by atoms with Gasteiger partial charge in [-0.05, 0) is 30.0 Å². The van der Waals surface area contributed by atoms with E-state index in [1.807, 2.05) is 24.3 Å². The normalized spacial score (nSPS) is 11.0. The number of nitrogens with one attached hydrogen (secondary N) is 2. The van der Waals surface area contributed by atoms with Crippen LogP contribution in [-0.4, -0.2) is 25.0 Å². The highest BCUT2D eigenvalue weighted by Crippen LogP contribution is 2.10. The smallest absolute Gasteiger partial charge is 0.246 e. The Hall–Kier alpha value is -1.31. The van der Waals surface area contributed by atoms with E-state index in [0.29, 0.717) is 11.9 Å². The molecule has 5 nitrogen and oxygen atoms in total. The van der Waals surface area contributed by atoms with Crippen molar-refractivity contribution in [2.75, 3.05) is 18.4 Å².